The third-order valence-electron chi connectivity index (χ3n) is 2.90. The molecule has 0 radical (unpaired) electrons. The van der Waals surface area contributed by atoms with Gasteiger partial charge in [0.05, 0.1) is 0 Å². The lowest BCUT2D eigenvalue weighted by Gasteiger charge is -2.19. The van der Waals surface area contributed by atoms with E-state index in [9.17, 15) is 4.79 Å². The normalized spacial score (nSPS) is 11.3. The van der Waals surface area contributed by atoms with Gasteiger partial charge in [-0.25, -0.2) is 0 Å². The SMILES string of the molecule is CNCCCNC(=O)c1ccc(C(C)(C)C)cc1. The highest BCUT2D eigenvalue weighted by molar-refractivity contribution is 5.94. The number of benzene rings is 1. The van der Waals surface area contributed by atoms with E-state index in [0.717, 1.165) is 18.5 Å². The summed E-state index contributed by atoms with van der Waals surface area (Å²) >= 11 is 0. The van der Waals surface area contributed by atoms with Gasteiger partial charge in [0.2, 0.25) is 0 Å². The fraction of sp³-hybridized carbons (Fsp3) is 0.533. The Labute approximate surface area is 110 Å². The zero-order chi connectivity index (χ0) is 13.6. The minimum Gasteiger partial charge on any atom is -0.352 e. The molecule has 0 aliphatic rings. The maximum absolute atomic E-state index is 11.8. The Balaban J connectivity index is 2.54. The lowest BCUT2D eigenvalue weighted by atomic mass is 9.87. The van der Waals surface area contributed by atoms with Crippen molar-refractivity contribution in [2.24, 2.45) is 0 Å². The number of nitrogens with one attached hydrogen (secondary N) is 2. The standard InChI is InChI=1S/C15H24N2O/c1-15(2,3)13-8-6-12(7-9-13)14(18)17-11-5-10-16-4/h6-9,16H,5,10-11H2,1-4H3,(H,17,18). The molecule has 1 amide bonds. The summed E-state index contributed by atoms with van der Waals surface area (Å²) in [5, 5.41) is 5.97. The molecule has 0 saturated carbocycles. The van der Waals surface area contributed by atoms with Crippen LogP contribution in [-0.2, 0) is 5.41 Å². The number of hydrogen-bond donors (Lipinski definition) is 2. The van der Waals surface area contributed by atoms with E-state index in [0.29, 0.717) is 6.54 Å². The van der Waals surface area contributed by atoms with Crippen LogP contribution in [0.4, 0.5) is 0 Å². The number of carbonyl (C=O) groups is 1. The number of amides is 1. The van der Waals surface area contributed by atoms with Crippen molar-refractivity contribution in [2.75, 3.05) is 20.1 Å². The zero-order valence-electron chi connectivity index (χ0n) is 11.8. The Morgan fingerprint density at radius 3 is 2.22 bits per heavy atom. The van der Waals surface area contributed by atoms with Crippen LogP contribution >= 0.6 is 0 Å². The van der Waals surface area contributed by atoms with E-state index in [4.69, 9.17) is 0 Å². The first kappa shape index (κ1) is 14.7. The van der Waals surface area contributed by atoms with Crippen molar-refractivity contribution >= 4 is 5.91 Å². The average molecular weight is 248 g/mol. The average Bonchev–Trinajstić information content (AvgIpc) is 2.33. The van der Waals surface area contributed by atoms with Gasteiger partial charge < -0.3 is 10.6 Å². The topological polar surface area (TPSA) is 41.1 Å². The fourth-order valence-electron chi connectivity index (χ4n) is 1.69. The molecule has 0 aliphatic carbocycles. The lowest BCUT2D eigenvalue weighted by molar-refractivity contribution is 0.0953. The fourth-order valence-corrected chi connectivity index (χ4v) is 1.69. The highest BCUT2D eigenvalue weighted by atomic mass is 16.1. The summed E-state index contributed by atoms with van der Waals surface area (Å²) in [5.74, 6) is 0.00608. The highest BCUT2D eigenvalue weighted by Gasteiger charge is 2.13. The minimum absolute atomic E-state index is 0.00608. The van der Waals surface area contributed by atoms with Crippen molar-refractivity contribution in [1.82, 2.24) is 10.6 Å². The summed E-state index contributed by atoms with van der Waals surface area (Å²) in [5.41, 5.74) is 2.10. The quantitative estimate of drug-likeness (QED) is 0.785. The maximum Gasteiger partial charge on any atom is 0.251 e. The van der Waals surface area contributed by atoms with Crippen LogP contribution in [0.2, 0.25) is 0 Å². The van der Waals surface area contributed by atoms with Crippen molar-refractivity contribution in [3.05, 3.63) is 35.4 Å². The van der Waals surface area contributed by atoms with Crippen LogP contribution in [-0.4, -0.2) is 26.0 Å². The van der Waals surface area contributed by atoms with Gasteiger partial charge in [0.1, 0.15) is 0 Å². The molecule has 0 spiro atoms. The molecule has 1 aromatic carbocycles. The van der Waals surface area contributed by atoms with E-state index in [-0.39, 0.29) is 11.3 Å². The molecule has 0 fully saturated rings. The molecule has 18 heavy (non-hydrogen) atoms. The Hall–Kier alpha value is -1.35. The predicted molar refractivity (Wildman–Crippen MR) is 76.0 cm³/mol. The summed E-state index contributed by atoms with van der Waals surface area (Å²) in [4.78, 5) is 11.8. The number of rotatable bonds is 5. The van der Waals surface area contributed by atoms with Crippen LogP contribution in [0.15, 0.2) is 24.3 Å². The van der Waals surface area contributed by atoms with Gasteiger partial charge in [0.25, 0.3) is 5.91 Å². The Bertz CT molecular complexity index is 376. The van der Waals surface area contributed by atoms with Gasteiger partial charge >= 0.3 is 0 Å². The second-order valence-electron chi connectivity index (χ2n) is 5.54. The first-order chi connectivity index (χ1) is 8.45. The maximum atomic E-state index is 11.8. The minimum atomic E-state index is 0.00608. The van der Waals surface area contributed by atoms with E-state index in [1.165, 1.54) is 5.56 Å². The molecular formula is C15H24N2O. The van der Waals surface area contributed by atoms with Crippen LogP contribution < -0.4 is 10.6 Å². The summed E-state index contributed by atoms with van der Waals surface area (Å²) in [6.45, 7) is 8.13. The molecule has 1 rings (SSSR count). The number of carbonyl (C=O) groups excluding carboxylic acids is 1. The predicted octanol–water partition coefficient (Wildman–Crippen LogP) is 2.32. The van der Waals surface area contributed by atoms with Crippen LogP contribution in [0.1, 0.15) is 43.1 Å². The molecule has 0 unspecified atom stereocenters. The van der Waals surface area contributed by atoms with E-state index in [2.05, 4.69) is 31.4 Å². The molecule has 100 valence electrons. The Morgan fingerprint density at radius 1 is 1.11 bits per heavy atom. The summed E-state index contributed by atoms with van der Waals surface area (Å²) in [6.07, 6.45) is 0.947. The van der Waals surface area contributed by atoms with Crippen molar-refractivity contribution in [3.8, 4) is 0 Å². The van der Waals surface area contributed by atoms with Gasteiger partial charge in [-0.05, 0) is 43.1 Å². The van der Waals surface area contributed by atoms with Gasteiger partial charge in [-0.15, -0.1) is 0 Å². The van der Waals surface area contributed by atoms with Crippen molar-refractivity contribution in [1.29, 1.82) is 0 Å². The smallest absolute Gasteiger partial charge is 0.251 e. The second kappa shape index (κ2) is 6.55. The molecule has 0 aromatic heterocycles. The molecule has 0 heterocycles. The van der Waals surface area contributed by atoms with Gasteiger partial charge in [0, 0.05) is 12.1 Å². The third-order valence-corrected chi connectivity index (χ3v) is 2.90. The largest absolute Gasteiger partial charge is 0.352 e. The Kier molecular flexibility index (Phi) is 5.35. The molecular weight excluding hydrogens is 224 g/mol. The molecule has 1 aromatic rings. The Morgan fingerprint density at radius 2 is 1.72 bits per heavy atom. The molecule has 2 N–H and O–H groups in total. The summed E-state index contributed by atoms with van der Waals surface area (Å²) in [7, 11) is 1.91. The van der Waals surface area contributed by atoms with E-state index >= 15 is 0 Å². The second-order valence-corrected chi connectivity index (χ2v) is 5.54. The van der Waals surface area contributed by atoms with Gasteiger partial charge in [-0.1, -0.05) is 32.9 Å². The molecule has 0 aliphatic heterocycles. The molecule has 0 atom stereocenters. The van der Waals surface area contributed by atoms with E-state index in [1.807, 2.05) is 31.3 Å². The summed E-state index contributed by atoms with van der Waals surface area (Å²) < 4.78 is 0. The van der Waals surface area contributed by atoms with Crippen LogP contribution in [0.3, 0.4) is 0 Å². The van der Waals surface area contributed by atoms with Crippen molar-refractivity contribution in [2.45, 2.75) is 32.6 Å². The molecule has 3 heteroatoms. The highest BCUT2D eigenvalue weighted by Crippen LogP contribution is 2.22. The zero-order valence-corrected chi connectivity index (χ0v) is 11.8. The summed E-state index contributed by atoms with van der Waals surface area (Å²) in [6, 6.07) is 7.85. The molecule has 0 bridgehead atoms. The van der Waals surface area contributed by atoms with Crippen molar-refractivity contribution in [3.63, 3.8) is 0 Å². The van der Waals surface area contributed by atoms with Gasteiger partial charge in [0.15, 0.2) is 0 Å². The monoisotopic (exact) mass is 248 g/mol. The first-order valence-corrected chi connectivity index (χ1v) is 6.48. The van der Waals surface area contributed by atoms with Crippen LogP contribution in [0, 0.1) is 0 Å². The first-order valence-electron chi connectivity index (χ1n) is 6.48. The van der Waals surface area contributed by atoms with E-state index < -0.39 is 0 Å². The van der Waals surface area contributed by atoms with Crippen LogP contribution in [0.5, 0.6) is 0 Å². The van der Waals surface area contributed by atoms with Gasteiger partial charge in [-0.3, -0.25) is 4.79 Å². The molecule has 0 saturated heterocycles. The van der Waals surface area contributed by atoms with Gasteiger partial charge in [-0.2, -0.15) is 0 Å². The van der Waals surface area contributed by atoms with Crippen molar-refractivity contribution < 1.29 is 4.79 Å². The molecule has 3 nitrogen and oxygen atoms in total. The third kappa shape index (κ3) is 4.49. The van der Waals surface area contributed by atoms with E-state index in [1.54, 1.807) is 0 Å². The number of hydrogen-bond acceptors (Lipinski definition) is 2. The lowest BCUT2D eigenvalue weighted by Crippen LogP contribution is -2.26. The van der Waals surface area contributed by atoms with Crippen LogP contribution in [0.25, 0.3) is 0 Å².